The lowest BCUT2D eigenvalue weighted by atomic mass is 10.1. The minimum Gasteiger partial charge on any atom is -0.0704 e. The normalized spacial score (nSPS) is 14.5. The first-order chi connectivity index (χ1) is 12.2. The Bertz CT molecular complexity index is 644. The van der Waals surface area contributed by atoms with Crippen molar-refractivity contribution in [2.24, 2.45) is 0 Å². The average molecular weight is 342 g/mol. The van der Waals surface area contributed by atoms with Gasteiger partial charge in [0.05, 0.1) is 0 Å². The van der Waals surface area contributed by atoms with Crippen LogP contribution in [0.1, 0.15) is 51.8 Å². The van der Waals surface area contributed by atoms with E-state index in [0.717, 1.165) is 0 Å². The summed E-state index contributed by atoms with van der Waals surface area (Å²) in [6.07, 6.45) is 0. The fraction of sp³-hybridized carbons (Fsp3) is 0.250. The number of hydrogen-bond donors (Lipinski definition) is 0. The Morgan fingerprint density at radius 2 is 0.680 bits per heavy atom. The molecule has 126 valence electrons. The van der Waals surface area contributed by atoms with E-state index >= 15 is 0 Å². The average Bonchev–Trinajstić information content (AvgIpc) is 2.70. The van der Waals surface area contributed by atoms with Crippen molar-refractivity contribution in [1.82, 2.24) is 0 Å². The molecule has 0 aliphatic rings. The molecule has 3 atom stereocenters. The van der Waals surface area contributed by atoms with Gasteiger partial charge in [0.1, 0.15) is 0 Å². The Morgan fingerprint density at radius 3 is 0.920 bits per heavy atom. The van der Waals surface area contributed by atoms with Gasteiger partial charge in [0.25, 0.3) is 14.1 Å². The van der Waals surface area contributed by atoms with E-state index in [2.05, 4.69) is 112 Å². The molecule has 0 saturated heterocycles. The summed E-state index contributed by atoms with van der Waals surface area (Å²) in [6, 6.07) is 33.3. The van der Waals surface area contributed by atoms with Crippen LogP contribution in [0.5, 0.6) is 0 Å². The molecule has 0 aliphatic heterocycles. The SMILES string of the molecule is C[CH](c1ccccc1)[Al]([CH](C)c1ccccc1)[CH](C)c1ccccc1. The van der Waals surface area contributed by atoms with Crippen LogP contribution in [0.4, 0.5) is 0 Å². The van der Waals surface area contributed by atoms with Gasteiger partial charge >= 0.3 is 0 Å². The number of benzene rings is 3. The van der Waals surface area contributed by atoms with Crippen molar-refractivity contribution in [1.29, 1.82) is 0 Å². The second kappa shape index (κ2) is 8.53. The molecule has 3 unspecified atom stereocenters. The zero-order valence-corrected chi connectivity index (χ0v) is 16.6. The van der Waals surface area contributed by atoms with Crippen LogP contribution >= 0.6 is 0 Å². The third kappa shape index (κ3) is 4.24. The maximum atomic E-state index is 2.45. The van der Waals surface area contributed by atoms with E-state index in [1.54, 1.807) is 0 Å². The Hall–Kier alpha value is -1.81. The van der Waals surface area contributed by atoms with Gasteiger partial charge in [-0.1, -0.05) is 143 Å². The first kappa shape index (κ1) is 18.0. The van der Waals surface area contributed by atoms with Crippen molar-refractivity contribution in [3.05, 3.63) is 108 Å². The summed E-state index contributed by atoms with van der Waals surface area (Å²) < 4.78 is 1.89. The lowest BCUT2D eigenvalue weighted by Crippen LogP contribution is -2.34. The van der Waals surface area contributed by atoms with E-state index < -0.39 is 14.1 Å². The molecular weight excluding hydrogens is 315 g/mol. The predicted molar refractivity (Wildman–Crippen MR) is 110 cm³/mol. The van der Waals surface area contributed by atoms with Crippen molar-refractivity contribution < 1.29 is 0 Å². The van der Waals surface area contributed by atoms with E-state index in [0.29, 0.717) is 14.3 Å². The maximum Gasteiger partial charge on any atom is 0.288 e. The van der Waals surface area contributed by atoms with Crippen LogP contribution in [0.3, 0.4) is 0 Å². The van der Waals surface area contributed by atoms with Gasteiger partial charge < -0.3 is 0 Å². The van der Waals surface area contributed by atoms with Crippen LogP contribution in [0.25, 0.3) is 0 Å². The molecule has 25 heavy (non-hydrogen) atoms. The lowest BCUT2D eigenvalue weighted by molar-refractivity contribution is 0.865. The van der Waals surface area contributed by atoms with E-state index in [1.165, 1.54) is 16.7 Å². The van der Waals surface area contributed by atoms with Crippen LogP contribution in [0.2, 0.25) is 0 Å². The van der Waals surface area contributed by atoms with Gasteiger partial charge in [0.15, 0.2) is 0 Å². The summed E-state index contributed by atoms with van der Waals surface area (Å²) in [5.74, 6) is 0. The highest BCUT2D eigenvalue weighted by Gasteiger charge is 2.37. The summed E-state index contributed by atoms with van der Waals surface area (Å²) in [7, 11) is 0. The van der Waals surface area contributed by atoms with Gasteiger partial charge in [0, 0.05) is 0 Å². The van der Waals surface area contributed by atoms with Gasteiger partial charge in [-0.15, -0.1) is 0 Å². The summed E-state index contributed by atoms with van der Waals surface area (Å²) in [6.45, 7) is 7.35. The van der Waals surface area contributed by atoms with Crippen LogP contribution in [0.15, 0.2) is 91.0 Å². The summed E-state index contributed by atoms with van der Waals surface area (Å²) >= 11 is -1.20. The zero-order chi connectivity index (χ0) is 17.6. The summed E-state index contributed by atoms with van der Waals surface area (Å²) in [4.78, 5) is 0. The molecule has 0 heterocycles. The molecule has 0 amide bonds. The van der Waals surface area contributed by atoms with Crippen LogP contribution in [0, 0.1) is 0 Å². The molecule has 0 N–H and O–H groups in total. The van der Waals surface area contributed by atoms with Gasteiger partial charge in [-0.3, -0.25) is 0 Å². The second-order valence-electron chi connectivity index (χ2n) is 7.18. The molecule has 0 aliphatic carbocycles. The maximum absolute atomic E-state index is 2.45. The molecule has 0 saturated carbocycles. The lowest BCUT2D eigenvalue weighted by Gasteiger charge is -2.31. The number of rotatable bonds is 6. The highest BCUT2D eigenvalue weighted by molar-refractivity contribution is 6.63. The molecule has 0 aromatic heterocycles. The standard InChI is InChI=1S/3C8H9.Al/c3*1-2-8-6-4-3-5-7-8;/h3*2-7H,1H3;. The first-order valence-corrected chi connectivity index (χ1v) is 11.3. The van der Waals surface area contributed by atoms with E-state index in [9.17, 15) is 0 Å². The number of hydrogen-bond acceptors (Lipinski definition) is 0. The topological polar surface area (TPSA) is 0 Å². The Balaban J connectivity index is 1.99. The molecule has 0 nitrogen and oxygen atoms in total. The van der Waals surface area contributed by atoms with E-state index in [1.807, 2.05) is 0 Å². The van der Waals surface area contributed by atoms with Crippen molar-refractivity contribution >= 4 is 14.1 Å². The van der Waals surface area contributed by atoms with Crippen LogP contribution in [-0.2, 0) is 0 Å². The second-order valence-corrected chi connectivity index (χ2v) is 11.3. The van der Waals surface area contributed by atoms with Gasteiger partial charge in [-0.05, 0) is 0 Å². The highest BCUT2D eigenvalue weighted by atomic mass is 27.2. The molecule has 0 bridgehead atoms. The minimum absolute atomic E-state index is 0.631. The van der Waals surface area contributed by atoms with Crippen LogP contribution in [-0.4, -0.2) is 14.1 Å². The van der Waals surface area contributed by atoms with Crippen LogP contribution < -0.4 is 0 Å². The van der Waals surface area contributed by atoms with Crippen molar-refractivity contribution in [3.63, 3.8) is 0 Å². The molecule has 3 aromatic rings. The summed E-state index contributed by atoms with van der Waals surface area (Å²) in [5, 5.41) is 0. The Labute approximate surface area is 156 Å². The quantitative estimate of drug-likeness (QED) is 0.448. The van der Waals surface area contributed by atoms with Crippen molar-refractivity contribution in [2.45, 2.75) is 35.1 Å². The van der Waals surface area contributed by atoms with Gasteiger partial charge in [0.2, 0.25) is 0 Å². The molecule has 1 heteroatoms. The smallest absolute Gasteiger partial charge is 0.0704 e. The molecular formula is C24H27Al. The Morgan fingerprint density at radius 1 is 0.440 bits per heavy atom. The first-order valence-electron chi connectivity index (χ1n) is 9.33. The molecule has 0 fully saturated rings. The monoisotopic (exact) mass is 342 g/mol. The minimum atomic E-state index is -1.20. The molecule has 3 rings (SSSR count). The van der Waals surface area contributed by atoms with E-state index in [-0.39, 0.29) is 0 Å². The molecule has 0 spiro atoms. The zero-order valence-electron chi connectivity index (χ0n) is 15.5. The highest BCUT2D eigenvalue weighted by Crippen LogP contribution is 2.37. The van der Waals surface area contributed by atoms with Crippen molar-refractivity contribution in [2.75, 3.05) is 0 Å². The molecule has 0 radical (unpaired) electrons. The Kier molecular flexibility index (Phi) is 6.14. The van der Waals surface area contributed by atoms with Crippen molar-refractivity contribution in [3.8, 4) is 0 Å². The third-order valence-corrected chi connectivity index (χ3v) is 10.3. The third-order valence-electron chi connectivity index (χ3n) is 5.71. The predicted octanol–water partition coefficient (Wildman–Crippen LogP) is 6.51. The fourth-order valence-corrected chi connectivity index (χ4v) is 8.83. The van der Waals surface area contributed by atoms with Gasteiger partial charge in [-0.2, -0.15) is 0 Å². The fourth-order valence-electron chi connectivity index (χ4n) is 4.24. The van der Waals surface area contributed by atoms with E-state index in [4.69, 9.17) is 0 Å². The van der Waals surface area contributed by atoms with Gasteiger partial charge in [-0.25, -0.2) is 0 Å². The largest absolute Gasteiger partial charge is 0.288 e. The molecule has 3 aromatic carbocycles. The summed E-state index contributed by atoms with van der Waals surface area (Å²) in [5.41, 5.74) is 4.47.